The first-order chi connectivity index (χ1) is 7.43. The molecule has 0 aromatic heterocycles. The minimum Gasteiger partial charge on any atom is -0.296 e. The van der Waals surface area contributed by atoms with Gasteiger partial charge in [-0.3, -0.25) is 10.6 Å². The first-order valence-corrected chi connectivity index (χ1v) is 6.99. The van der Waals surface area contributed by atoms with Crippen LogP contribution >= 0.6 is 0 Å². The maximum atomic E-state index is 3.76. The minimum atomic E-state index is 0.175. The highest BCUT2D eigenvalue weighted by molar-refractivity contribution is 4.90. The van der Waals surface area contributed by atoms with Crippen molar-refractivity contribution in [2.45, 2.75) is 92.4 Å². The van der Waals surface area contributed by atoms with E-state index in [1.54, 1.807) is 0 Å². The van der Waals surface area contributed by atoms with Crippen molar-refractivity contribution in [3.63, 3.8) is 0 Å². The van der Waals surface area contributed by atoms with Crippen molar-refractivity contribution in [2.24, 2.45) is 5.41 Å². The third kappa shape index (κ3) is 6.42. The summed E-state index contributed by atoms with van der Waals surface area (Å²) >= 11 is 0. The zero-order chi connectivity index (χ0) is 13.9. The van der Waals surface area contributed by atoms with E-state index in [2.05, 4.69) is 72.9 Å². The average molecular weight is 242 g/mol. The number of nitrogens with one attached hydrogen (secondary N) is 2. The van der Waals surface area contributed by atoms with Crippen molar-refractivity contribution in [1.29, 1.82) is 0 Å². The molecular weight excluding hydrogens is 208 g/mol. The molecule has 0 fully saturated rings. The van der Waals surface area contributed by atoms with Gasteiger partial charge < -0.3 is 0 Å². The van der Waals surface area contributed by atoms with Gasteiger partial charge in [-0.1, -0.05) is 34.6 Å². The lowest BCUT2D eigenvalue weighted by Crippen LogP contribution is -2.62. The molecule has 0 atom stereocenters. The lowest BCUT2D eigenvalue weighted by molar-refractivity contribution is 0.136. The summed E-state index contributed by atoms with van der Waals surface area (Å²) in [4.78, 5) is 0. The van der Waals surface area contributed by atoms with Crippen LogP contribution in [0.25, 0.3) is 0 Å². The monoisotopic (exact) mass is 242 g/mol. The molecule has 0 amide bonds. The van der Waals surface area contributed by atoms with Crippen molar-refractivity contribution in [1.82, 2.24) is 10.6 Å². The molecule has 0 rings (SSSR count). The van der Waals surface area contributed by atoms with Crippen LogP contribution < -0.4 is 10.6 Å². The molecule has 0 saturated carbocycles. The molecule has 0 aromatic carbocycles. The van der Waals surface area contributed by atoms with Crippen LogP contribution in [0.1, 0.15) is 75.2 Å². The van der Waals surface area contributed by atoms with Gasteiger partial charge in [-0.15, -0.1) is 0 Å². The Kier molecular flexibility index (Phi) is 5.68. The number of hydrogen-bond acceptors (Lipinski definition) is 2. The summed E-state index contributed by atoms with van der Waals surface area (Å²) in [6.45, 7) is 20.4. The Hall–Kier alpha value is -0.0800. The third-order valence-electron chi connectivity index (χ3n) is 3.70. The van der Waals surface area contributed by atoms with Crippen LogP contribution in [0.3, 0.4) is 0 Å². The van der Waals surface area contributed by atoms with Gasteiger partial charge in [-0.05, 0) is 46.0 Å². The molecule has 0 saturated heterocycles. The molecule has 0 radical (unpaired) electrons. The Bertz CT molecular complexity index is 206. The molecule has 2 heteroatoms. The third-order valence-corrected chi connectivity index (χ3v) is 3.70. The van der Waals surface area contributed by atoms with Crippen molar-refractivity contribution < 1.29 is 0 Å². The molecule has 0 aliphatic carbocycles. The maximum absolute atomic E-state index is 3.76. The fourth-order valence-electron chi connectivity index (χ4n) is 1.45. The fourth-order valence-corrected chi connectivity index (χ4v) is 1.45. The van der Waals surface area contributed by atoms with Gasteiger partial charge in [0.05, 0.1) is 6.17 Å². The SMILES string of the molecule is CCC(C)(C)NC(NC(C)(C)CC)C(C)(C)C. The van der Waals surface area contributed by atoms with E-state index in [1.807, 2.05) is 0 Å². The van der Waals surface area contributed by atoms with Crippen LogP contribution in [-0.4, -0.2) is 17.2 Å². The van der Waals surface area contributed by atoms with E-state index in [9.17, 15) is 0 Å². The molecular formula is C15H34N2. The highest BCUT2D eigenvalue weighted by atomic mass is 15.2. The zero-order valence-corrected chi connectivity index (χ0v) is 13.5. The minimum absolute atomic E-state index is 0.175. The van der Waals surface area contributed by atoms with E-state index in [-0.39, 0.29) is 16.5 Å². The van der Waals surface area contributed by atoms with E-state index in [0.717, 1.165) is 12.8 Å². The molecule has 0 spiro atoms. The van der Waals surface area contributed by atoms with Crippen molar-refractivity contribution in [3.8, 4) is 0 Å². The molecule has 0 bridgehead atoms. The summed E-state index contributed by atoms with van der Waals surface area (Å²) in [6, 6.07) is 0. The summed E-state index contributed by atoms with van der Waals surface area (Å²) < 4.78 is 0. The molecule has 2 N–H and O–H groups in total. The molecule has 0 aliphatic heterocycles. The van der Waals surface area contributed by atoms with E-state index >= 15 is 0 Å². The smallest absolute Gasteiger partial charge is 0.0629 e. The molecule has 2 nitrogen and oxygen atoms in total. The summed E-state index contributed by atoms with van der Waals surface area (Å²) in [5.74, 6) is 0. The highest BCUT2D eigenvalue weighted by Gasteiger charge is 2.32. The first-order valence-electron chi connectivity index (χ1n) is 6.99. The van der Waals surface area contributed by atoms with Gasteiger partial charge >= 0.3 is 0 Å². The summed E-state index contributed by atoms with van der Waals surface area (Å²) in [6.07, 6.45) is 2.59. The van der Waals surface area contributed by atoms with Gasteiger partial charge in [0.25, 0.3) is 0 Å². The Balaban J connectivity index is 4.80. The van der Waals surface area contributed by atoms with Gasteiger partial charge in [0.1, 0.15) is 0 Å². The number of hydrogen-bond donors (Lipinski definition) is 2. The topological polar surface area (TPSA) is 24.1 Å². The van der Waals surface area contributed by atoms with E-state index in [1.165, 1.54) is 0 Å². The second kappa shape index (κ2) is 5.71. The maximum Gasteiger partial charge on any atom is 0.0629 e. The molecule has 104 valence electrons. The summed E-state index contributed by atoms with van der Waals surface area (Å²) in [5.41, 5.74) is 0.558. The van der Waals surface area contributed by atoms with Gasteiger partial charge in [0, 0.05) is 11.1 Å². The van der Waals surface area contributed by atoms with E-state index in [0.29, 0.717) is 6.17 Å². The number of rotatable bonds is 6. The fraction of sp³-hybridized carbons (Fsp3) is 1.00. The quantitative estimate of drug-likeness (QED) is 0.690. The Morgan fingerprint density at radius 1 is 0.706 bits per heavy atom. The van der Waals surface area contributed by atoms with E-state index in [4.69, 9.17) is 0 Å². The van der Waals surface area contributed by atoms with Gasteiger partial charge in [-0.2, -0.15) is 0 Å². The summed E-state index contributed by atoms with van der Waals surface area (Å²) in [5, 5.41) is 7.52. The molecule has 0 aromatic rings. The Morgan fingerprint density at radius 3 is 1.18 bits per heavy atom. The van der Waals surface area contributed by atoms with Crippen molar-refractivity contribution in [2.75, 3.05) is 0 Å². The van der Waals surface area contributed by atoms with Crippen LogP contribution in [0.4, 0.5) is 0 Å². The average Bonchev–Trinajstić information content (AvgIpc) is 2.15. The molecule has 0 heterocycles. The second-order valence-electron chi connectivity index (χ2n) is 7.56. The Morgan fingerprint density at radius 2 is 1.00 bits per heavy atom. The first kappa shape index (κ1) is 16.9. The van der Waals surface area contributed by atoms with Crippen LogP contribution in [-0.2, 0) is 0 Å². The van der Waals surface area contributed by atoms with Crippen LogP contribution in [0, 0.1) is 5.41 Å². The van der Waals surface area contributed by atoms with E-state index < -0.39 is 0 Å². The highest BCUT2D eigenvalue weighted by Crippen LogP contribution is 2.23. The van der Waals surface area contributed by atoms with Crippen LogP contribution in [0.15, 0.2) is 0 Å². The Labute approximate surface area is 109 Å². The lowest BCUT2D eigenvalue weighted by atomic mass is 9.87. The second-order valence-corrected chi connectivity index (χ2v) is 7.56. The van der Waals surface area contributed by atoms with Crippen LogP contribution in [0.2, 0.25) is 0 Å². The van der Waals surface area contributed by atoms with Crippen LogP contribution in [0.5, 0.6) is 0 Å². The largest absolute Gasteiger partial charge is 0.296 e. The molecule has 17 heavy (non-hydrogen) atoms. The zero-order valence-electron chi connectivity index (χ0n) is 13.5. The predicted octanol–water partition coefficient (Wildman–Crippen LogP) is 3.92. The summed E-state index contributed by atoms with van der Waals surface area (Å²) in [7, 11) is 0. The van der Waals surface area contributed by atoms with Crippen molar-refractivity contribution in [3.05, 3.63) is 0 Å². The predicted molar refractivity (Wildman–Crippen MR) is 78.3 cm³/mol. The molecule has 0 aliphatic rings. The van der Waals surface area contributed by atoms with Gasteiger partial charge in [-0.25, -0.2) is 0 Å². The van der Waals surface area contributed by atoms with Gasteiger partial charge in [0.2, 0.25) is 0 Å². The van der Waals surface area contributed by atoms with Gasteiger partial charge in [0.15, 0.2) is 0 Å². The molecule has 0 unspecified atom stereocenters. The van der Waals surface area contributed by atoms with Crippen molar-refractivity contribution >= 4 is 0 Å². The lowest BCUT2D eigenvalue weighted by Gasteiger charge is -2.43. The standard InChI is InChI=1S/C15H34N2/c1-10-14(6,7)16-12(13(3,4)5)17-15(8,9)11-2/h12,16-17H,10-11H2,1-9H3. The normalized spacial score (nSPS) is 14.5.